The van der Waals surface area contributed by atoms with Crippen molar-refractivity contribution in [2.75, 3.05) is 6.61 Å². The molecular weight excluding hydrogens is 456 g/mol. The fraction of sp³-hybridized carbons (Fsp3) is 0.308. The summed E-state index contributed by atoms with van der Waals surface area (Å²) in [4.78, 5) is 47.1. The molecule has 0 bridgehead atoms. The van der Waals surface area contributed by atoms with E-state index in [1.54, 1.807) is 54.6 Å². The Morgan fingerprint density at radius 2 is 1.40 bits per heavy atom. The van der Waals surface area contributed by atoms with E-state index in [0.717, 1.165) is 5.56 Å². The molecule has 184 valence electrons. The second kappa shape index (κ2) is 11.9. The van der Waals surface area contributed by atoms with Crippen molar-refractivity contribution in [3.8, 4) is 5.75 Å². The molecule has 0 radical (unpaired) electrons. The zero-order valence-corrected chi connectivity index (χ0v) is 19.5. The maximum absolute atomic E-state index is 12.2. The molecule has 9 heteroatoms. The van der Waals surface area contributed by atoms with Gasteiger partial charge in [-0.3, -0.25) is 19.2 Å². The molecule has 1 heterocycles. The summed E-state index contributed by atoms with van der Waals surface area (Å²) in [7, 11) is 0. The van der Waals surface area contributed by atoms with Gasteiger partial charge in [-0.1, -0.05) is 48.5 Å². The number of allylic oxidation sites excluding steroid dienone is 1. The molecule has 0 unspecified atom stereocenters. The van der Waals surface area contributed by atoms with Crippen LogP contribution in [-0.2, 0) is 33.3 Å². The normalized spacial score (nSPS) is 21.7. The first-order valence-electron chi connectivity index (χ1n) is 10.9. The summed E-state index contributed by atoms with van der Waals surface area (Å²) in [5, 5.41) is 0. The van der Waals surface area contributed by atoms with E-state index in [1.165, 1.54) is 26.8 Å². The van der Waals surface area contributed by atoms with Gasteiger partial charge in [0.25, 0.3) is 0 Å². The van der Waals surface area contributed by atoms with Gasteiger partial charge in [0.15, 0.2) is 18.0 Å². The molecule has 0 aliphatic carbocycles. The molecule has 0 aromatic heterocycles. The zero-order valence-electron chi connectivity index (χ0n) is 19.5. The Bertz CT molecular complexity index is 1080. The van der Waals surface area contributed by atoms with E-state index in [-0.39, 0.29) is 12.4 Å². The second-order valence-electron chi connectivity index (χ2n) is 7.75. The predicted octanol–water partition coefficient (Wildman–Crippen LogP) is 3.11. The molecule has 1 aliphatic heterocycles. The van der Waals surface area contributed by atoms with Gasteiger partial charge >= 0.3 is 17.9 Å². The Kier molecular flexibility index (Phi) is 8.74. The largest absolute Gasteiger partial charge is 0.461 e. The molecule has 0 amide bonds. The van der Waals surface area contributed by atoms with Crippen LogP contribution in [0.1, 0.15) is 36.7 Å². The number of carbonyl (C=O) groups is 4. The van der Waals surface area contributed by atoms with Crippen LogP contribution >= 0.6 is 0 Å². The number of ketones is 1. The fourth-order valence-corrected chi connectivity index (χ4v) is 3.47. The van der Waals surface area contributed by atoms with Gasteiger partial charge in [-0.15, -0.1) is 0 Å². The Labute approximate surface area is 202 Å². The van der Waals surface area contributed by atoms with E-state index in [0.29, 0.717) is 11.3 Å². The lowest BCUT2D eigenvalue weighted by Crippen LogP contribution is -2.59. The number of benzene rings is 2. The van der Waals surface area contributed by atoms with Crippen LogP contribution in [0, 0.1) is 0 Å². The zero-order chi connectivity index (χ0) is 25.4. The minimum Gasteiger partial charge on any atom is -0.461 e. The summed E-state index contributed by atoms with van der Waals surface area (Å²) in [5.41, 5.74) is 1.35. The van der Waals surface area contributed by atoms with Gasteiger partial charge in [0.2, 0.25) is 12.4 Å². The van der Waals surface area contributed by atoms with E-state index in [4.69, 9.17) is 23.7 Å². The van der Waals surface area contributed by atoms with Crippen molar-refractivity contribution in [2.45, 2.75) is 45.4 Å². The summed E-state index contributed by atoms with van der Waals surface area (Å²) < 4.78 is 27.3. The third-order valence-electron chi connectivity index (χ3n) is 4.92. The first kappa shape index (κ1) is 25.6. The highest BCUT2D eigenvalue weighted by atomic mass is 16.7. The van der Waals surface area contributed by atoms with E-state index < -0.39 is 42.5 Å². The van der Waals surface area contributed by atoms with Crippen LogP contribution in [0.4, 0.5) is 0 Å². The standard InChI is InChI=1S/C26H26O9/c1-16(27)32-23-15-31-26(25(34-18(3)29)24(23)33-17(2)28)35-21-12-9-19(10-13-21)11-14-22(30)20-7-5-4-6-8-20/h4-14,23-26H,15H2,1-3H3/b14-11+/t23-,24+,25+,26-/m1/s1. The van der Waals surface area contributed by atoms with Gasteiger partial charge < -0.3 is 23.7 Å². The van der Waals surface area contributed by atoms with Gasteiger partial charge in [-0.05, 0) is 23.8 Å². The molecule has 0 N–H and O–H groups in total. The molecule has 0 spiro atoms. The Morgan fingerprint density at radius 1 is 0.800 bits per heavy atom. The highest BCUT2D eigenvalue weighted by Crippen LogP contribution is 2.27. The van der Waals surface area contributed by atoms with Gasteiger partial charge in [-0.2, -0.15) is 0 Å². The number of hydrogen-bond acceptors (Lipinski definition) is 9. The maximum atomic E-state index is 12.2. The van der Waals surface area contributed by atoms with Crippen molar-refractivity contribution in [3.05, 3.63) is 71.8 Å². The molecule has 1 saturated heterocycles. The maximum Gasteiger partial charge on any atom is 0.303 e. The quantitative estimate of drug-likeness (QED) is 0.242. The molecule has 3 rings (SSSR count). The monoisotopic (exact) mass is 482 g/mol. The summed E-state index contributed by atoms with van der Waals surface area (Å²) >= 11 is 0. The number of hydrogen-bond donors (Lipinski definition) is 0. The van der Waals surface area contributed by atoms with Crippen LogP contribution in [0.25, 0.3) is 6.08 Å². The topological polar surface area (TPSA) is 114 Å². The molecule has 2 aromatic carbocycles. The van der Waals surface area contributed by atoms with Gasteiger partial charge in [0, 0.05) is 26.3 Å². The SMILES string of the molecule is CC(=O)O[C@@H]1[C@@H](Oc2ccc(/C=C/C(=O)c3ccccc3)cc2)OC[C@@H](OC(C)=O)[C@@H]1OC(C)=O. The van der Waals surface area contributed by atoms with E-state index in [9.17, 15) is 19.2 Å². The summed E-state index contributed by atoms with van der Waals surface area (Å²) in [6.07, 6.45) is -1.25. The molecule has 9 nitrogen and oxygen atoms in total. The third-order valence-corrected chi connectivity index (χ3v) is 4.92. The van der Waals surface area contributed by atoms with Crippen molar-refractivity contribution < 1.29 is 42.9 Å². The van der Waals surface area contributed by atoms with Crippen molar-refractivity contribution in [2.24, 2.45) is 0 Å². The van der Waals surface area contributed by atoms with Crippen LogP contribution in [0.2, 0.25) is 0 Å². The average molecular weight is 482 g/mol. The molecule has 1 aliphatic rings. The Hall–Kier alpha value is -3.98. The van der Waals surface area contributed by atoms with Crippen LogP contribution in [0.15, 0.2) is 60.7 Å². The number of carbonyl (C=O) groups excluding carboxylic acids is 4. The number of ether oxygens (including phenoxy) is 5. The molecule has 35 heavy (non-hydrogen) atoms. The lowest BCUT2D eigenvalue weighted by atomic mass is 10.0. The van der Waals surface area contributed by atoms with Gasteiger partial charge in [0.1, 0.15) is 5.75 Å². The average Bonchev–Trinajstić information content (AvgIpc) is 2.81. The molecule has 4 atom stereocenters. The minimum absolute atomic E-state index is 0.121. The summed E-state index contributed by atoms with van der Waals surface area (Å²) in [5.74, 6) is -1.65. The lowest BCUT2D eigenvalue weighted by molar-refractivity contribution is -0.259. The van der Waals surface area contributed by atoms with Crippen LogP contribution in [0.3, 0.4) is 0 Å². The minimum atomic E-state index is -1.18. The Balaban J connectivity index is 1.72. The van der Waals surface area contributed by atoms with Crippen LogP contribution in [-0.4, -0.2) is 54.9 Å². The highest BCUT2D eigenvalue weighted by Gasteiger charge is 2.48. The summed E-state index contributed by atoms with van der Waals surface area (Å²) in [6.45, 7) is 3.45. The molecule has 1 fully saturated rings. The molecule has 0 saturated carbocycles. The Morgan fingerprint density at radius 3 is 2.00 bits per heavy atom. The number of rotatable bonds is 8. The van der Waals surface area contributed by atoms with Crippen LogP contribution in [0.5, 0.6) is 5.75 Å². The van der Waals surface area contributed by atoms with E-state index in [1.807, 2.05) is 6.07 Å². The van der Waals surface area contributed by atoms with Crippen molar-refractivity contribution in [3.63, 3.8) is 0 Å². The van der Waals surface area contributed by atoms with E-state index in [2.05, 4.69) is 0 Å². The lowest BCUT2D eigenvalue weighted by Gasteiger charge is -2.40. The van der Waals surface area contributed by atoms with Gasteiger partial charge in [-0.25, -0.2) is 0 Å². The summed E-state index contributed by atoms with van der Waals surface area (Å²) in [6, 6.07) is 15.7. The number of esters is 3. The first-order valence-corrected chi connectivity index (χ1v) is 10.9. The smallest absolute Gasteiger partial charge is 0.303 e. The molecular formula is C26H26O9. The second-order valence-corrected chi connectivity index (χ2v) is 7.75. The van der Waals surface area contributed by atoms with Crippen molar-refractivity contribution >= 4 is 29.8 Å². The van der Waals surface area contributed by atoms with Crippen molar-refractivity contribution in [1.29, 1.82) is 0 Å². The van der Waals surface area contributed by atoms with Crippen LogP contribution < -0.4 is 4.74 Å². The fourth-order valence-electron chi connectivity index (χ4n) is 3.47. The van der Waals surface area contributed by atoms with E-state index >= 15 is 0 Å². The first-order chi connectivity index (χ1) is 16.7. The third kappa shape index (κ3) is 7.51. The predicted molar refractivity (Wildman–Crippen MR) is 123 cm³/mol. The molecule has 2 aromatic rings. The highest BCUT2D eigenvalue weighted by molar-refractivity contribution is 6.06. The van der Waals surface area contributed by atoms with Crippen molar-refractivity contribution in [1.82, 2.24) is 0 Å². The van der Waals surface area contributed by atoms with Gasteiger partial charge in [0.05, 0.1) is 6.61 Å².